The van der Waals surface area contributed by atoms with E-state index in [0.29, 0.717) is 11.1 Å². The number of nitriles is 1. The summed E-state index contributed by atoms with van der Waals surface area (Å²) in [5, 5.41) is 16.6. The zero-order valence-corrected chi connectivity index (χ0v) is 6.46. The SMILES string of the molecule is CC(=C/C(=O)O)/C=C(\C)C#N. The Hall–Kier alpha value is -1.56. The van der Waals surface area contributed by atoms with Gasteiger partial charge in [0.05, 0.1) is 6.07 Å². The third kappa shape index (κ3) is 4.91. The molecule has 1 N–H and O–H groups in total. The maximum absolute atomic E-state index is 10.1. The standard InChI is InChI=1S/C8H9NO2/c1-6(4-8(10)11)3-7(2)5-9/h3-4H,1-2H3,(H,10,11)/b6-4-,7-3+. The smallest absolute Gasteiger partial charge is 0.328 e. The summed E-state index contributed by atoms with van der Waals surface area (Å²) in [6.45, 7) is 3.26. The van der Waals surface area contributed by atoms with Crippen LogP contribution in [0.1, 0.15) is 13.8 Å². The van der Waals surface area contributed by atoms with Crippen LogP contribution in [0, 0.1) is 11.3 Å². The van der Waals surface area contributed by atoms with Crippen LogP contribution >= 0.6 is 0 Å². The van der Waals surface area contributed by atoms with Gasteiger partial charge in [-0.05, 0) is 25.5 Å². The highest BCUT2D eigenvalue weighted by Crippen LogP contribution is 1.99. The van der Waals surface area contributed by atoms with E-state index >= 15 is 0 Å². The number of carboxylic acid groups (broad SMARTS) is 1. The van der Waals surface area contributed by atoms with Gasteiger partial charge in [-0.1, -0.05) is 0 Å². The molecular weight excluding hydrogens is 142 g/mol. The fraction of sp³-hybridized carbons (Fsp3) is 0.250. The van der Waals surface area contributed by atoms with Crippen molar-refractivity contribution < 1.29 is 9.90 Å². The first-order chi connectivity index (χ1) is 5.06. The van der Waals surface area contributed by atoms with Crippen LogP contribution in [0.25, 0.3) is 0 Å². The molecule has 3 nitrogen and oxygen atoms in total. The van der Waals surface area contributed by atoms with E-state index in [1.165, 1.54) is 6.08 Å². The summed E-state index contributed by atoms with van der Waals surface area (Å²) in [5.74, 6) is -0.996. The molecule has 0 atom stereocenters. The molecule has 0 heterocycles. The van der Waals surface area contributed by atoms with E-state index in [1.54, 1.807) is 13.8 Å². The highest BCUT2D eigenvalue weighted by molar-refractivity contribution is 5.81. The average Bonchev–Trinajstić information content (AvgIpc) is 1.85. The van der Waals surface area contributed by atoms with Crippen LogP contribution < -0.4 is 0 Å². The number of carbonyl (C=O) groups is 1. The van der Waals surface area contributed by atoms with Crippen molar-refractivity contribution in [1.29, 1.82) is 5.26 Å². The predicted octanol–water partition coefficient (Wildman–Crippen LogP) is 1.49. The van der Waals surface area contributed by atoms with Crippen molar-refractivity contribution in [2.24, 2.45) is 0 Å². The molecule has 0 fully saturated rings. The van der Waals surface area contributed by atoms with Gasteiger partial charge in [0.1, 0.15) is 0 Å². The molecule has 0 aliphatic carbocycles. The molecule has 0 unspecified atom stereocenters. The number of aliphatic carboxylic acids is 1. The maximum Gasteiger partial charge on any atom is 0.328 e. The van der Waals surface area contributed by atoms with Gasteiger partial charge in [-0.25, -0.2) is 4.79 Å². The Kier molecular flexibility index (Phi) is 3.68. The Labute approximate surface area is 65.3 Å². The highest BCUT2D eigenvalue weighted by atomic mass is 16.4. The molecule has 0 aliphatic rings. The molecule has 3 heteroatoms. The van der Waals surface area contributed by atoms with Crippen LogP contribution in [0.15, 0.2) is 23.3 Å². The van der Waals surface area contributed by atoms with E-state index in [4.69, 9.17) is 10.4 Å². The van der Waals surface area contributed by atoms with Crippen LogP contribution in [0.5, 0.6) is 0 Å². The van der Waals surface area contributed by atoms with Crippen molar-refractivity contribution in [3.8, 4) is 6.07 Å². The lowest BCUT2D eigenvalue weighted by Crippen LogP contribution is -1.88. The molecule has 58 valence electrons. The number of carboxylic acids is 1. The molecule has 0 radical (unpaired) electrons. The minimum atomic E-state index is -0.996. The summed E-state index contributed by atoms with van der Waals surface area (Å²) in [6.07, 6.45) is 2.58. The molecule has 0 aromatic rings. The van der Waals surface area contributed by atoms with Gasteiger partial charge in [0, 0.05) is 11.6 Å². The van der Waals surface area contributed by atoms with Crippen LogP contribution in [-0.4, -0.2) is 11.1 Å². The summed E-state index contributed by atoms with van der Waals surface area (Å²) in [6, 6.07) is 1.90. The first-order valence-electron chi connectivity index (χ1n) is 3.06. The van der Waals surface area contributed by atoms with Gasteiger partial charge in [-0.3, -0.25) is 0 Å². The topological polar surface area (TPSA) is 61.1 Å². The molecular formula is C8H9NO2. The molecule has 0 aromatic carbocycles. The Bertz CT molecular complexity index is 256. The zero-order chi connectivity index (χ0) is 8.85. The number of hydrogen-bond acceptors (Lipinski definition) is 2. The van der Waals surface area contributed by atoms with Crippen molar-refractivity contribution in [3.63, 3.8) is 0 Å². The Morgan fingerprint density at radius 2 is 2.00 bits per heavy atom. The first-order valence-corrected chi connectivity index (χ1v) is 3.06. The van der Waals surface area contributed by atoms with Gasteiger partial charge in [-0.2, -0.15) is 5.26 Å². The van der Waals surface area contributed by atoms with Gasteiger partial charge in [0.2, 0.25) is 0 Å². The Morgan fingerprint density at radius 1 is 1.45 bits per heavy atom. The van der Waals surface area contributed by atoms with Crippen molar-refractivity contribution in [2.75, 3.05) is 0 Å². The van der Waals surface area contributed by atoms with E-state index in [1.807, 2.05) is 6.07 Å². The van der Waals surface area contributed by atoms with E-state index in [0.717, 1.165) is 6.08 Å². The molecule has 0 bridgehead atoms. The number of rotatable bonds is 2. The number of nitrogens with zero attached hydrogens (tertiary/aromatic N) is 1. The first kappa shape index (κ1) is 9.44. The second-order valence-corrected chi connectivity index (χ2v) is 2.17. The van der Waals surface area contributed by atoms with E-state index in [9.17, 15) is 4.79 Å². The lowest BCUT2D eigenvalue weighted by molar-refractivity contribution is -0.131. The number of allylic oxidation sites excluding steroid dienone is 3. The van der Waals surface area contributed by atoms with Crippen LogP contribution in [0.3, 0.4) is 0 Å². The van der Waals surface area contributed by atoms with Crippen molar-refractivity contribution >= 4 is 5.97 Å². The van der Waals surface area contributed by atoms with Crippen LogP contribution in [0.4, 0.5) is 0 Å². The van der Waals surface area contributed by atoms with Crippen molar-refractivity contribution in [1.82, 2.24) is 0 Å². The lowest BCUT2D eigenvalue weighted by atomic mass is 10.2. The monoisotopic (exact) mass is 151 g/mol. The summed E-state index contributed by atoms with van der Waals surface area (Å²) >= 11 is 0. The van der Waals surface area contributed by atoms with Crippen molar-refractivity contribution in [2.45, 2.75) is 13.8 Å². The van der Waals surface area contributed by atoms with E-state index < -0.39 is 5.97 Å². The average molecular weight is 151 g/mol. The zero-order valence-electron chi connectivity index (χ0n) is 6.46. The number of hydrogen-bond donors (Lipinski definition) is 1. The van der Waals surface area contributed by atoms with Gasteiger partial charge in [0.15, 0.2) is 0 Å². The molecule has 0 aromatic heterocycles. The van der Waals surface area contributed by atoms with E-state index in [-0.39, 0.29) is 0 Å². The minimum Gasteiger partial charge on any atom is -0.478 e. The molecule has 0 amide bonds. The van der Waals surface area contributed by atoms with Crippen molar-refractivity contribution in [3.05, 3.63) is 23.3 Å². The van der Waals surface area contributed by atoms with Gasteiger partial charge >= 0.3 is 5.97 Å². The third-order valence-corrected chi connectivity index (χ3v) is 0.972. The molecule has 0 saturated carbocycles. The Morgan fingerprint density at radius 3 is 2.36 bits per heavy atom. The molecule has 0 rings (SSSR count). The third-order valence-electron chi connectivity index (χ3n) is 0.972. The molecule has 0 aliphatic heterocycles. The Balaban J connectivity index is 4.42. The highest BCUT2D eigenvalue weighted by Gasteiger charge is 1.90. The fourth-order valence-corrected chi connectivity index (χ4v) is 0.610. The van der Waals surface area contributed by atoms with Crippen LogP contribution in [-0.2, 0) is 4.79 Å². The second-order valence-electron chi connectivity index (χ2n) is 2.17. The van der Waals surface area contributed by atoms with Gasteiger partial charge in [-0.15, -0.1) is 0 Å². The van der Waals surface area contributed by atoms with Gasteiger partial charge < -0.3 is 5.11 Å². The minimum absolute atomic E-state index is 0.500. The lowest BCUT2D eigenvalue weighted by Gasteiger charge is -1.88. The quantitative estimate of drug-likeness (QED) is 0.369. The van der Waals surface area contributed by atoms with Crippen LogP contribution in [0.2, 0.25) is 0 Å². The second kappa shape index (κ2) is 4.29. The largest absolute Gasteiger partial charge is 0.478 e. The summed E-state index contributed by atoms with van der Waals surface area (Å²) in [4.78, 5) is 10.1. The normalized spacial score (nSPS) is 12.5. The molecule has 11 heavy (non-hydrogen) atoms. The maximum atomic E-state index is 10.1. The predicted molar refractivity (Wildman–Crippen MR) is 40.8 cm³/mol. The summed E-state index contributed by atoms with van der Waals surface area (Å²) < 4.78 is 0. The van der Waals surface area contributed by atoms with E-state index in [2.05, 4.69) is 0 Å². The fourth-order valence-electron chi connectivity index (χ4n) is 0.610. The molecule has 0 spiro atoms. The van der Waals surface area contributed by atoms with Gasteiger partial charge in [0.25, 0.3) is 0 Å². The summed E-state index contributed by atoms with van der Waals surface area (Å²) in [7, 11) is 0. The molecule has 0 saturated heterocycles. The summed E-state index contributed by atoms with van der Waals surface area (Å²) in [5.41, 5.74) is 1.07.